The lowest BCUT2D eigenvalue weighted by Crippen LogP contribution is -2.54. The Bertz CT molecular complexity index is 1190. The van der Waals surface area contributed by atoms with Crippen LogP contribution in [-0.2, 0) is 20.7 Å². The van der Waals surface area contributed by atoms with Gasteiger partial charge >= 0.3 is 6.09 Å². The molecule has 0 aliphatic heterocycles. The van der Waals surface area contributed by atoms with E-state index in [-0.39, 0.29) is 29.9 Å². The molecule has 3 amide bonds. The van der Waals surface area contributed by atoms with Gasteiger partial charge in [0, 0.05) is 19.0 Å². The number of nitrogens with zero attached hydrogens (tertiary/aromatic N) is 1. The Hall–Kier alpha value is -3.75. The highest BCUT2D eigenvalue weighted by Gasteiger charge is 2.36. The predicted octanol–water partition coefficient (Wildman–Crippen LogP) is 6.30. The topological polar surface area (TPSA) is 128 Å². The molecule has 0 spiro atoms. The van der Waals surface area contributed by atoms with E-state index in [4.69, 9.17) is 4.74 Å². The lowest BCUT2D eigenvalue weighted by Gasteiger charge is -2.35. The molecule has 4 N–H and O–H groups in total. The van der Waals surface area contributed by atoms with Crippen molar-refractivity contribution >= 4 is 17.9 Å². The molecule has 0 aromatic heterocycles. The summed E-state index contributed by atoms with van der Waals surface area (Å²) >= 11 is 0. The number of carbonyl (C=O) groups is 3. The Morgan fingerprint density at radius 2 is 1.60 bits per heavy atom. The Kier molecular flexibility index (Phi) is 13.8. The molecule has 0 radical (unpaired) electrons. The van der Waals surface area contributed by atoms with Gasteiger partial charge in [-0.15, -0.1) is 0 Å². The van der Waals surface area contributed by atoms with Gasteiger partial charge in [0.15, 0.2) is 0 Å². The van der Waals surface area contributed by atoms with E-state index in [1.807, 2.05) is 13.8 Å². The lowest BCUT2D eigenvalue weighted by atomic mass is 9.98. The SMILES string of the molecule is CCCCCCN(C(=O)C(Cc1ccc(O)cc1)NC(=O)OC(C)(C)C)C(C(=O)NC(C)CCC)c1ccc(O)c(C)c1. The van der Waals surface area contributed by atoms with E-state index in [9.17, 15) is 24.6 Å². The number of amides is 3. The Labute approximate surface area is 257 Å². The van der Waals surface area contributed by atoms with Gasteiger partial charge in [0.05, 0.1) is 0 Å². The van der Waals surface area contributed by atoms with E-state index >= 15 is 0 Å². The maximum atomic E-state index is 14.5. The number of hydrogen-bond acceptors (Lipinski definition) is 6. The van der Waals surface area contributed by atoms with Crippen molar-refractivity contribution in [3.05, 3.63) is 59.2 Å². The molecule has 0 bridgehead atoms. The van der Waals surface area contributed by atoms with E-state index in [0.29, 0.717) is 24.1 Å². The van der Waals surface area contributed by atoms with Crippen LogP contribution in [0.5, 0.6) is 11.5 Å². The van der Waals surface area contributed by atoms with Crippen molar-refractivity contribution in [2.24, 2.45) is 0 Å². The van der Waals surface area contributed by atoms with Crippen molar-refractivity contribution in [3.63, 3.8) is 0 Å². The third kappa shape index (κ3) is 11.8. The number of aryl methyl sites for hydroxylation is 1. The summed E-state index contributed by atoms with van der Waals surface area (Å²) in [7, 11) is 0. The van der Waals surface area contributed by atoms with E-state index in [1.165, 1.54) is 18.2 Å². The van der Waals surface area contributed by atoms with Crippen molar-refractivity contribution in [2.75, 3.05) is 6.54 Å². The van der Waals surface area contributed by atoms with Crippen molar-refractivity contribution < 1.29 is 29.3 Å². The lowest BCUT2D eigenvalue weighted by molar-refractivity contribution is -0.142. The first kappa shape index (κ1) is 35.4. The second-order valence-corrected chi connectivity index (χ2v) is 12.3. The average Bonchev–Trinajstić information content (AvgIpc) is 2.91. The minimum Gasteiger partial charge on any atom is -0.508 e. The second kappa shape index (κ2) is 16.8. The Morgan fingerprint density at radius 1 is 0.930 bits per heavy atom. The van der Waals surface area contributed by atoms with Gasteiger partial charge in [0.2, 0.25) is 11.8 Å². The van der Waals surface area contributed by atoms with Crippen LogP contribution in [0.1, 0.15) is 103 Å². The van der Waals surface area contributed by atoms with Crippen LogP contribution in [0.25, 0.3) is 0 Å². The summed E-state index contributed by atoms with van der Waals surface area (Å²) in [5.41, 5.74) is 1.09. The molecule has 9 nitrogen and oxygen atoms in total. The third-order valence-corrected chi connectivity index (χ3v) is 7.11. The molecule has 2 rings (SSSR count). The van der Waals surface area contributed by atoms with Gasteiger partial charge in [-0.1, -0.05) is 57.7 Å². The average molecular weight is 598 g/mol. The standard InChI is InChI=1S/C34H51N3O6/c1-8-10-11-12-20-37(30(31(40)35-24(4)13-9-2)26-16-19-29(39)23(3)21-26)32(41)28(36-33(42)43-34(5,6)7)22-25-14-17-27(38)18-15-25/h14-19,21,24,28,30,38-39H,8-13,20,22H2,1-7H3,(H,35,40)(H,36,42). The molecule has 2 aromatic carbocycles. The van der Waals surface area contributed by atoms with Gasteiger partial charge in [0.1, 0.15) is 29.2 Å². The van der Waals surface area contributed by atoms with E-state index in [2.05, 4.69) is 17.6 Å². The summed E-state index contributed by atoms with van der Waals surface area (Å²) in [6, 6.07) is 9.22. The van der Waals surface area contributed by atoms with Gasteiger partial charge in [-0.2, -0.15) is 0 Å². The van der Waals surface area contributed by atoms with Crippen molar-refractivity contribution in [1.29, 1.82) is 0 Å². The third-order valence-electron chi connectivity index (χ3n) is 7.11. The number of rotatable bonds is 15. The van der Waals surface area contributed by atoms with Crippen LogP contribution in [0.3, 0.4) is 0 Å². The number of unbranched alkanes of at least 4 members (excludes halogenated alkanes) is 3. The molecule has 0 heterocycles. The fourth-order valence-corrected chi connectivity index (χ4v) is 4.94. The van der Waals surface area contributed by atoms with E-state index in [1.54, 1.807) is 56.9 Å². The van der Waals surface area contributed by atoms with Gasteiger partial charge in [0.25, 0.3) is 0 Å². The maximum Gasteiger partial charge on any atom is 0.408 e. The number of phenolic OH excluding ortho intramolecular Hbond substituents is 2. The number of ether oxygens (including phenoxy) is 1. The highest BCUT2D eigenvalue weighted by Crippen LogP contribution is 2.28. The molecular formula is C34H51N3O6. The highest BCUT2D eigenvalue weighted by molar-refractivity contribution is 5.92. The minimum atomic E-state index is -1.05. The van der Waals surface area contributed by atoms with Crippen molar-refractivity contribution in [3.8, 4) is 11.5 Å². The number of alkyl carbamates (subject to hydrolysis) is 1. The van der Waals surface area contributed by atoms with Crippen LogP contribution in [0.2, 0.25) is 0 Å². The first-order valence-corrected chi connectivity index (χ1v) is 15.4. The van der Waals surface area contributed by atoms with Crippen molar-refractivity contribution in [2.45, 2.75) is 117 Å². The normalized spacial score (nSPS) is 13.5. The van der Waals surface area contributed by atoms with E-state index < -0.39 is 29.7 Å². The number of carbonyl (C=O) groups excluding carboxylic acids is 3. The second-order valence-electron chi connectivity index (χ2n) is 12.3. The number of hydrogen-bond donors (Lipinski definition) is 4. The number of phenols is 2. The number of aromatic hydroxyl groups is 2. The molecule has 0 saturated heterocycles. The predicted molar refractivity (Wildman–Crippen MR) is 169 cm³/mol. The first-order chi connectivity index (χ1) is 20.2. The zero-order valence-electron chi connectivity index (χ0n) is 26.9. The maximum absolute atomic E-state index is 14.5. The molecule has 0 saturated carbocycles. The fraction of sp³-hybridized carbons (Fsp3) is 0.559. The van der Waals surface area contributed by atoms with Crippen molar-refractivity contribution in [1.82, 2.24) is 15.5 Å². The van der Waals surface area contributed by atoms with Gasteiger partial charge in [-0.3, -0.25) is 9.59 Å². The summed E-state index contributed by atoms with van der Waals surface area (Å²) in [6.07, 6.45) is 4.58. The van der Waals surface area contributed by atoms with Crippen LogP contribution in [0, 0.1) is 6.92 Å². The molecule has 2 aromatic rings. The van der Waals surface area contributed by atoms with Gasteiger partial charge in [-0.05, 0) is 88.4 Å². The van der Waals surface area contributed by atoms with Crippen LogP contribution in [0.15, 0.2) is 42.5 Å². The van der Waals surface area contributed by atoms with Gasteiger partial charge in [-0.25, -0.2) is 4.79 Å². The summed E-state index contributed by atoms with van der Waals surface area (Å²) < 4.78 is 5.50. The Morgan fingerprint density at radius 3 is 2.19 bits per heavy atom. The largest absolute Gasteiger partial charge is 0.508 e. The quantitative estimate of drug-likeness (QED) is 0.179. The summed E-state index contributed by atoms with van der Waals surface area (Å²) in [5, 5.41) is 25.9. The van der Waals surface area contributed by atoms with E-state index in [0.717, 1.165) is 37.7 Å². The number of benzene rings is 2. The summed E-state index contributed by atoms with van der Waals surface area (Å²) in [6.45, 7) is 13.4. The molecule has 238 valence electrons. The smallest absolute Gasteiger partial charge is 0.408 e. The van der Waals surface area contributed by atoms with Crippen LogP contribution in [0.4, 0.5) is 4.79 Å². The van der Waals surface area contributed by atoms with Crippen LogP contribution < -0.4 is 10.6 Å². The zero-order valence-corrected chi connectivity index (χ0v) is 26.9. The number of nitrogens with one attached hydrogen (secondary N) is 2. The summed E-state index contributed by atoms with van der Waals surface area (Å²) in [4.78, 5) is 43.0. The highest BCUT2D eigenvalue weighted by atomic mass is 16.6. The summed E-state index contributed by atoms with van der Waals surface area (Å²) in [5.74, 6) is -0.565. The van der Waals surface area contributed by atoms with Crippen LogP contribution >= 0.6 is 0 Å². The van der Waals surface area contributed by atoms with Gasteiger partial charge < -0.3 is 30.5 Å². The molecule has 0 aliphatic carbocycles. The molecular weight excluding hydrogens is 546 g/mol. The fourth-order valence-electron chi connectivity index (χ4n) is 4.94. The molecule has 3 atom stereocenters. The molecule has 43 heavy (non-hydrogen) atoms. The monoisotopic (exact) mass is 597 g/mol. The zero-order chi connectivity index (χ0) is 32.2. The molecule has 0 fully saturated rings. The molecule has 3 unspecified atom stereocenters. The molecule has 9 heteroatoms. The first-order valence-electron chi connectivity index (χ1n) is 15.4. The minimum absolute atomic E-state index is 0.0879. The molecule has 0 aliphatic rings. The Balaban J connectivity index is 2.60. The van der Waals surface area contributed by atoms with Crippen LogP contribution in [-0.4, -0.2) is 57.3 Å².